The van der Waals surface area contributed by atoms with Crippen molar-refractivity contribution in [3.05, 3.63) is 75.3 Å². The van der Waals surface area contributed by atoms with Gasteiger partial charge >= 0.3 is 0 Å². The lowest BCUT2D eigenvalue weighted by Crippen LogP contribution is -2.43. The average Bonchev–Trinajstić information content (AvgIpc) is 2.93. The van der Waals surface area contributed by atoms with Gasteiger partial charge in [0.25, 0.3) is 5.69 Å². The van der Waals surface area contributed by atoms with Gasteiger partial charge in [0, 0.05) is 18.7 Å². The smallest absolute Gasteiger partial charge is 0.269 e. The standard InChI is InChI=1S/C17H18N2O3/c20-12-17(9-8-14-5-1-2-7-16(14)17)18-11-13-4-3-6-15(10-13)19(21)22/h1-7,10,18,20H,8-9,11-12H2. The van der Waals surface area contributed by atoms with Gasteiger partial charge in [0.15, 0.2) is 0 Å². The molecule has 3 rings (SSSR count). The lowest BCUT2D eigenvalue weighted by atomic mass is 9.92. The molecule has 0 radical (unpaired) electrons. The van der Waals surface area contributed by atoms with Crippen molar-refractivity contribution in [2.45, 2.75) is 24.9 Å². The summed E-state index contributed by atoms with van der Waals surface area (Å²) in [5.74, 6) is 0. The van der Waals surface area contributed by atoms with E-state index < -0.39 is 10.5 Å². The summed E-state index contributed by atoms with van der Waals surface area (Å²) in [4.78, 5) is 10.4. The Morgan fingerprint density at radius 1 is 1.23 bits per heavy atom. The summed E-state index contributed by atoms with van der Waals surface area (Å²) in [6.45, 7) is 0.496. The number of aliphatic hydroxyl groups excluding tert-OH is 1. The number of nitrogens with zero attached hydrogens (tertiary/aromatic N) is 1. The molecule has 2 aromatic rings. The van der Waals surface area contributed by atoms with E-state index in [4.69, 9.17) is 0 Å². The van der Waals surface area contributed by atoms with E-state index in [0.717, 1.165) is 24.0 Å². The highest BCUT2D eigenvalue weighted by Gasteiger charge is 2.37. The quantitative estimate of drug-likeness (QED) is 0.657. The molecule has 0 saturated heterocycles. The molecule has 0 saturated carbocycles. The molecule has 1 atom stereocenters. The Morgan fingerprint density at radius 3 is 2.82 bits per heavy atom. The predicted octanol–water partition coefficient (Wildman–Crippen LogP) is 2.52. The number of non-ortho nitro benzene ring substituents is 1. The fourth-order valence-corrected chi connectivity index (χ4v) is 3.14. The summed E-state index contributed by atoms with van der Waals surface area (Å²) >= 11 is 0. The molecule has 1 aliphatic carbocycles. The predicted molar refractivity (Wildman–Crippen MR) is 83.5 cm³/mol. The number of nitro groups is 1. The normalized spacial score (nSPS) is 19.9. The number of nitro benzene ring substituents is 1. The maximum Gasteiger partial charge on any atom is 0.269 e. The minimum atomic E-state index is -0.457. The molecule has 2 N–H and O–H groups in total. The summed E-state index contributed by atoms with van der Waals surface area (Å²) < 4.78 is 0. The molecular weight excluding hydrogens is 280 g/mol. The summed E-state index contributed by atoms with van der Waals surface area (Å²) in [7, 11) is 0. The number of benzene rings is 2. The van der Waals surface area contributed by atoms with E-state index in [1.807, 2.05) is 24.3 Å². The lowest BCUT2D eigenvalue weighted by molar-refractivity contribution is -0.384. The number of nitrogens with one attached hydrogen (secondary N) is 1. The molecule has 2 aromatic carbocycles. The Bertz CT molecular complexity index is 702. The van der Waals surface area contributed by atoms with Crippen LogP contribution in [0.25, 0.3) is 0 Å². The van der Waals surface area contributed by atoms with Crippen LogP contribution >= 0.6 is 0 Å². The molecule has 1 unspecified atom stereocenters. The number of aliphatic hydroxyl groups is 1. The lowest BCUT2D eigenvalue weighted by Gasteiger charge is -2.30. The molecule has 0 fully saturated rings. The number of hydrogen-bond donors (Lipinski definition) is 2. The molecule has 1 aliphatic rings. The Balaban J connectivity index is 1.81. The number of aryl methyl sites for hydroxylation is 1. The van der Waals surface area contributed by atoms with Gasteiger partial charge in [-0.15, -0.1) is 0 Å². The van der Waals surface area contributed by atoms with Gasteiger partial charge in [0.05, 0.1) is 17.1 Å². The van der Waals surface area contributed by atoms with Crippen LogP contribution in [0.4, 0.5) is 5.69 Å². The average molecular weight is 298 g/mol. The molecule has 0 spiro atoms. The number of hydrogen-bond acceptors (Lipinski definition) is 4. The number of fused-ring (bicyclic) bond motifs is 1. The first kappa shape index (κ1) is 14.7. The molecule has 0 aliphatic heterocycles. The zero-order valence-electron chi connectivity index (χ0n) is 12.2. The van der Waals surface area contributed by atoms with E-state index in [-0.39, 0.29) is 12.3 Å². The molecule has 114 valence electrons. The maximum absolute atomic E-state index is 10.8. The molecule has 5 heteroatoms. The van der Waals surface area contributed by atoms with Crippen molar-refractivity contribution in [2.24, 2.45) is 0 Å². The van der Waals surface area contributed by atoms with E-state index >= 15 is 0 Å². The van der Waals surface area contributed by atoms with Gasteiger partial charge in [0.2, 0.25) is 0 Å². The first-order valence-corrected chi connectivity index (χ1v) is 7.32. The van der Waals surface area contributed by atoms with Crippen LogP contribution in [0.5, 0.6) is 0 Å². The first-order valence-electron chi connectivity index (χ1n) is 7.32. The van der Waals surface area contributed by atoms with Gasteiger partial charge in [-0.2, -0.15) is 0 Å². The second-order valence-corrected chi connectivity index (χ2v) is 5.68. The molecule has 0 heterocycles. The summed E-state index contributed by atoms with van der Waals surface area (Å²) in [5.41, 5.74) is 2.85. The van der Waals surface area contributed by atoms with Crippen LogP contribution < -0.4 is 5.32 Å². The minimum Gasteiger partial charge on any atom is -0.394 e. The van der Waals surface area contributed by atoms with E-state index in [2.05, 4.69) is 11.4 Å². The van der Waals surface area contributed by atoms with Crippen molar-refractivity contribution in [2.75, 3.05) is 6.61 Å². The van der Waals surface area contributed by atoms with Crippen LogP contribution in [-0.4, -0.2) is 16.6 Å². The second-order valence-electron chi connectivity index (χ2n) is 5.68. The summed E-state index contributed by atoms with van der Waals surface area (Å²) in [6.07, 6.45) is 1.76. The highest BCUT2D eigenvalue weighted by atomic mass is 16.6. The fraction of sp³-hybridized carbons (Fsp3) is 0.294. The topological polar surface area (TPSA) is 75.4 Å². The van der Waals surface area contributed by atoms with Crippen LogP contribution in [-0.2, 0) is 18.5 Å². The van der Waals surface area contributed by atoms with Crippen LogP contribution in [0.3, 0.4) is 0 Å². The first-order chi connectivity index (χ1) is 10.6. The van der Waals surface area contributed by atoms with Gasteiger partial charge < -0.3 is 10.4 Å². The van der Waals surface area contributed by atoms with Gasteiger partial charge in [-0.3, -0.25) is 10.1 Å². The molecule has 0 amide bonds. The zero-order chi connectivity index (χ0) is 15.6. The largest absolute Gasteiger partial charge is 0.394 e. The Morgan fingerprint density at radius 2 is 2.05 bits per heavy atom. The monoisotopic (exact) mass is 298 g/mol. The van der Waals surface area contributed by atoms with Crippen molar-refractivity contribution in [1.29, 1.82) is 0 Å². The third kappa shape index (κ3) is 2.61. The van der Waals surface area contributed by atoms with Gasteiger partial charge in [-0.1, -0.05) is 36.4 Å². The van der Waals surface area contributed by atoms with Crippen molar-refractivity contribution >= 4 is 5.69 Å². The van der Waals surface area contributed by atoms with E-state index in [0.29, 0.717) is 6.54 Å². The van der Waals surface area contributed by atoms with Gasteiger partial charge in [-0.05, 0) is 29.5 Å². The third-order valence-electron chi connectivity index (χ3n) is 4.38. The van der Waals surface area contributed by atoms with Crippen molar-refractivity contribution < 1.29 is 10.0 Å². The summed E-state index contributed by atoms with van der Waals surface area (Å²) in [5, 5.41) is 24.2. The fourth-order valence-electron chi connectivity index (χ4n) is 3.14. The highest BCUT2D eigenvalue weighted by Crippen LogP contribution is 2.36. The zero-order valence-corrected chi connectivity index (χ0v) is 12.2. The molecular formula is C17H18N2O3. The van der Waals surface area contributed by atoms with Crippen LogP contribution in [0.2, 0.25) is 0 Å². The second kappa shape index (κ2) is 5.87. The Hall–Kier alpha value is -2.24. The Kier molecular flexibility index (Phi) is 3.92. The van der Waals surface area contributed by atoms with E-state index in [1.54, 1.807) is 12.1 Å². The van der Waals surface area contributed by atoms with Crippen molar-refractivity contribution in [1.82, 2.24) is 5.32 Å². The molecule has 0 aromatic heterocycles. The van der Waals surface area contributed by atoms with Gasteiger partial charge in [0.1, 0.15) is 0 Å². The van der Waals surface area contributed by atoms with Crippen molar-refractivity contribution in [3.63, 3.8) is 0 Å². The van der Waals surface area contributed by atoms with Crippen LogP contribution in [0.1, 0.15) is 23.1 Å². The van der Waals surface area contributed by atoms with E-state index in [1.165, 1.54) is 11.6 Å². The van der Waals surface area contributed by atoms with E-state index in [9.17, 15) is 15.2 Å². The number of rotatable bonds is 5. The molecule has 0 bridgehead atoms. The van der Waals surface area contributed by atoms with Crippen LogP contribution in [0, 0.1) is 10.1 Å². The Labute approximate surface area is 128 Å². The summed E-state index contributed by atoms with van der Waals surface area (Å²) in [6, 6.07) is 14.7. The molecule has 22 heavy (non-hydrogen) atoms. The van der Waals surface area contributed by atoms with Gasteiger partial charge in [-0.25, -0.2) is 0 Å². The molecule has 5 nitrogen and oxygen atoms in total. The highest BCUT2D eigenvalue weighted by molar-refractivity contribution is 5.39. The maximum atomic E-state index is 10.8. The third-order valence-corrected chi connectivity index (χ3v) is 4.38. The van der Waals surface area contributed by atoms with Crippen LogP contribution in [0.15, 0.2) is 48.5 Å². The SMILES string of the molecule is O=[N+]([O-])c1cccc(CNC2(CO)CCc3ccccc32)c1. The minimum absolute atomic E-state index is 0.0128. The van der Waals surface area contributed by atoms with Crippen molar-refractivity contribution in [3.8, 4) is 0 Å².